The number of imide groups is 2. The van der Waals surface area contributed by atoms with Gasteiger partial charge in [0, 0.05) is 30.8 Å². The highest BCUT2D eigenvalue weighted by Gasteiger charge is 2.44. The van der Waals surface area contributed by atoms with Gasteiger partial charge in [-0.05, 0) is 37.1 Å². The van der Waals surface area contributed by atoms with Crippen molar-refractivity contribution >= 4 is 35.2 Å². The second kappa shape index (κ2) is 7.07. The Balaban J connectivity index is 1.70. The van der Waals surface area contributed by atoms with E-state index in [0.29, 0.717) is 35.5 Å². The monoisotopic (exact) mass is 357 g/mol. The van der Waals surface area contributed by atoms with Crippen LogP contribution in [0.3, 0.4) is 0 Å². The Hall–Kier alpha value is -3.03. The molecule has 0 bridgehead atoms. The minimum absolute atomic E-state index is 0.0480. The molecule has 1 aromatic rings. The van der Waals surface area contributed by atoms with Crippen LogP contribution in [0.15, 0.2) is 24.3 Å². The zero-order valence-corrected chi connectivity index (χ0v) is 14.4. The van der Waals surface area contributed by atoms with E-state index in [1.807, 2.05) is 0 Å². The Kier molecular flexibility index (Phi) is 4.83. The van der Waals surface area contributed by atoms with Gasteiger partial charge >= 0.3 is 17.8 Å². The van der Waals surface area contributed by atoms with Crippen molar-refractivity contribution in [2.45, 2.75) is 26.2 Å². The van der Waals surface area contributed by atoms with Gasteiger partial charge in [-0.25, -0.2) is 9.69 Å². The van der Waals surface area contributed by atoms with Crippen molar-refractivity contribution in [2.75, 3.05) is 24.5 Å². The molecule has 2 saturated heterocycles. The van der Waals surface area contributed by atoms with Crippen LogP contribution in [0.25, 0.3) is 0 Å². The Labute approximate surface area is 150 Å². The molecule has 2 aliphatic rings. The summed E-state index contributed by atoms with van der Waals surface area (Å²) < 4.78 is 0. The van der Waals surface area contributed by atoms with Gasteiger partial charge in [0.05, 0.1) is 6.54 Å². The molecule has 3 rings (SSSR count). The van der Waals surface area contributed by atoms with Crippen molar-refractivity contribution in [3.8, 4) is 0 Å². The topological polar surface area (TPSA) is 95.1 Å². The standard InChI is InChI=1S/C18H19N3O5/c1-2-9-20-16(24)17(25)21(18(20)26)11-14(22)12-5-7-13(8-6-12)19-10-3-4-15(19)23/h5-8H,2-4,9-11H2,1H3. The molecule has 136 valence electrons. The molecule has 5 amide bonds. The van der Waals surface area contributed by atoms with Crippen molar-refractivity contribution in [3.05, 3.63) is 29.8 Å². The molecule has 8 heteroatoms. The summed E-state index contributed by atoms with van der Waals surface area (Å²) in [6.45, 7) is 2.10. The smallest absolute Gasteiger partial charge is 0.312 e. The molecular weight excluding hydrogens is 338 g/mol. The lowest BCUT2D eigenvalue weighted by atomic mass is 10.1. The fraction of sp³-hybridized carbons (Fsp3) is 0.389. The lowest BCUT2D eigenvalue weighted by molar-refractivity contribution is -0.143. The number of carbonyl (C=O) groups is 5. The van der Waals surface area contributed by atoms with Gasteiger partial charge in [0.1, 0.15) is 0 Å². The number of ketones is 1. The molecule has 2 fully saturated rings. The first-order valence-electron chi connectivity index (χ1n) is 8.55. The third-order valence-electron chi connectivity index (χ3n) is 4.46. The van der Waals surface area contributed by atoms with Crippen LogP contribution in [0.4, 0.5) is 10.5 Å². The van der Waals surface area contributed by atoms with Gasteiger partial charge in [-0.3, -0.25) is 24.1 Å². The molecule has 2 heterocycles. The van der Waals surface area contributed by atoms with Crippen LogP contribution in [0.5, 0.6) is 0 Å². The predicted octanol–water partition coefficient (Wildman–Crippen LogP) is 1.20. The first kappa shape index (κ1) is 17.8. The van der Waals surface area contributed by atoms with Crippen LogP contribution in [-0.2, 0) is 14.4 Å². The zero-order valence-electron chi connectivity index (χ0n) is 14.4. The molecule has 26 heavy (non-hydrogen) atoms. The Bertz CT molecular complexity index is 787. The normalized spacial score (nSPS) is 17.7. The van der Waals surface area contributed by atoms with E-state index in [1.54, 1.807) is 36.1 Å². The van der Waals surface area contributed by atoms with E-state index in [0.717, 1.165) is 11.3 Å². The fourth-order valence-corrected chi connectivity index (χ4v) is 3.09. The number of carbonyl (C=O) groups excluding carboxylic acids is 5. The van der Waals surface area contributed by atoms with Crippen LogP contribution >= 0.6 is 0 Å². The number of hydrogen-bond donors (Lipinski definition) is 0. The molecule has 2 aliphatic heterocycles. The highest BCUT2D eigenvalue weighted by molar-refractivity contribution is 6.45. The van der Waals surface area contributed by atoms with Crippen LogP contribution in [-0.4, -0.2) is 59.0 Å². The zero-order chi connectivity index (χ0) is 18.8. The molecule has 8 nitrogen and oxygen atoms in total. The highest BCUT2D eigenvalue weighted by Crippen LogP contribution is 2.22. The minimum Gasteiger partial charge on any atom is -0.312 e. The van der Waals surface area contributed by atoms with E-state index in [2.05, 4.69) is 0 Å². The number of rotatable bonds is 6. The SMILES string of the molecule is CCCN1C(=O)C(=O)N(CC(=O)c2ccc(N3CCCC3=O)cc2)C1=O. The molecule has 0 saturated carbocycles. The third-order valence-corrected chi connectivity index (χ3v) is 4.46. The molecule has 0 unspecified atom stereocenters. The Morgan fingerprint density at radius 2 is 1.65 bits per heavy atom. The highest BCUT2D eigenvalue weighted by atomic mass is 16.2. The van der Waals surface area contributed by atoms with Gasteiger partial charge in [0.2, 0.25) is 5.91 Å². The summed E-state index contributed by atoms with van der Waals surface area (Å²) in [4.78, 5) is 63.3. The van der Waals surface area contributed by atoms with E-state index in [1.165, 1.54) is 0 Å². The first-order valence-corrected chi connectivity index (χ1v) is 8.55. The van der Waals surface area contributed by atoms with Crippen LogP contribution in [0.2, 0.25) is 0 Å². The minimum atomic E-state index is -0.976. The van der Waals surface area contributed by atoms with Gasteiger partial charge < -0.3 is 4.90 Å². The van der Waals surface area contributed by atoms with Crippen molar-refractivity contribution in [1.82, 2.24) is 9.80 Å². The average Bonchev–Trinajstić information content (AvgIpc) is 3.15. The number of benzene rings is 1. The van der Waals surface area contributed by atoms with E-state index in [-0.39, 0.29) is 12.5 Å². The maximum atomic E-state index is 12.4. The number of amides is 5. The van der Waals surface area contributed by atoms with Crippen molar-refractivity contribution in [2.24, 2.45) is 0 Å². The van der Waals surface area contributed by atoms with Crippen LogP contribution < -0.4 is 4.90 Å². The molecule has 0 radical (unpaired) electrons. The first-order chi connectivity index (χ1) is 12.4. The number of urea groups is 1. The number of Topliss-reactive ketones (excluding diaryl/α,β-unsaturated/α-hetero) is 1. The van der Waals surface area contributed by atoms with Crippen molar-refractivity contribution < 1.29 is 24.0 Å². The summed E-state index contributed by atoms with van der Waals surface area (Å²) in [6.07, 6.45) is 1.85. The van der Waals surface area contributed by atoms with Gasteiger partial charge in [-0.15, -0.1) is 0 Å². The Morgan fingerprint density at radius 1 is 1.00 bits per heavy atom. The van der Waals surface area contributed by atoms with Gasteiger partial charge in [0.15, 0.2) is 5.78 Å². The number of hydrogen-bond acceptors (Lipinski definition) is 5. The van der Waals surface area contributed by atoms with E-state index in [4.69, 9.17) is 0 Å². The average molecular weight is 357 g/mol. The van der Waals surface area contributed by atoms with Gasteiger partial charge in [-0.1, -0.05) is 6.92 Å². The molecule has 0 aromatic heterocycles. The van der Waals surface area contributed by atoms with E-state index < -0.39 is 30.2 Å². The number of nitrogens with zero attached hydrogens (tertiary/aromatic N) is 3. The second-order valence-corrected chi connectivity index (χ2v) is 6.25. The fourth-order valence-electron chi connectivity index (χ4n) is 3.09. The summed E-state index contributed by atoms with van der Waals surface area (Å²) in [7, 11) is 0. The summed E-state index contributed by atoms with van der Waals surface area (Å²) in [5, 5.41) is 0. The lowest BCUT2D eigenvalue weighted by Crippen LogP contribution is -2.37. The van der Waals surface area contributed by atoms with Crippen molar-refractivity contribution in [3.63, 3.8) is 0 Å². The quantitative estimate of drug-likeness (QED) is 0.433. The Morgan fingerprint density at radius 3 is 2.23 bits per heavy atom. The maximum Gasteiger partial charge on any atom is 0.334 e. The largest absolute Gasteiger partial charge is 0.334 e. The molecule has 0 aliphatic carbocycles. The summed E-state index contributed by atoms with van der Waals surface area (Å²) >= 11 is 0. The lowest BCUT2D eigenvalue weighted by Gasteiger charge is -2.16. The van der Waals surface area contributed by atoms with Crippen molar-refractivity contribution in [1.29, 1.82) is 0 Å². The second-order valence-electron chi connectivity index (χ2n) is 6.25. The maximum absolute atomic E-state index is 12.4. The molecule has 1 aromatic carbocycles. The predicted molar refractivity (Wildman–Crippen MR) is 91.5 cm³/mol. The number of anilines is 1. The van der Waals surface area contributed by atoms with E-state index in [9.17, 15) is 24.0 Å². The third kappa shape index (κ3) is 3.10. The van der Waals surface area contributed by atoms with Crippen LogP contribution in [0.1, 0.15) is 36.5 Å². The van der Waals surface area contributed by atoms with E-state index >= 15 is 0 Å². The van der Waals surface area contributed by atoms with Crippen LogP contribution in [0, 0.1) is 0 Å². The van der Waals surface area contributed by atoms with Gasteiger partial charge in [-0.2, -0.15) is 0 Å². The summed E-state index contributed by atoms with van der Waals surface area (Å²) in [5.74, 6) is -2.27. The molecule has 0 atom stereocenters. The summed E-state index contributed by atoms with van der Waals surface area (Å²) in [5.41, 5.74) is 1.02. The van der Waals surface area contributed by atoms with Gasteiger partial charge in [0.25, 0.3) is 0 Å². The molecule has 0 N–H and O–H groups in total. The molecule has 0 spiro atoms. The summed E-state index contributed by atoms with van der Waals surface area (Å²) in [6, 6.07) is 5.69. The molecular formula is C18H19N3O5.